The predicted molar refractivity (Wildman–Crippen MR) is 143 cm³/mol. The fraction of sp³-hybridized carbons (Fsp3) is 0.714. The van der Waals surface area contributed by atoms with Gasteiger partial charge >= 0.3 is 5.97 Å². The summed E-state index contributed by atoms with van der Waals surface area (Å²) in [5.41, 5.74) is 0.265. The van der Waals surface area contributed by atoms with Crippen molar-refractivity contribution in [3.63, 3.8) is 0 Å². The molecule has 2 aliphatic rings. The SMILES string of the molecule is C[C@@H]1[C@H](C)CCC[C@H]1NC(=O)[C@@H](C)OC(=O)c1cccnc1S[C@@H](C)C(=O)N[C@@H]1CCC[C@H](C)[C@@H]1C. The van der Waals surface area contributed by atoms with Crippen LogP contribution in [0.3, 0.4) is 0 Å². The molecule has 0 bridgehead atoms. The molecular weight excluding hydrogens is 474 g/mol. The minimum atomic E-state index is -0.921. The molecule has 3 rings (SSSR count). The summed E-state index contributed by atoms with van der Waals surface area (Å²) in [5.74, 6) is 1.03. The second-order valence-electron chi connectivity index (χ2n) is 10.9. The number of aromatic nitrogens is 1. The van der Waals surface area contributed by atoms with E-state index in [2.05, 4.69) is 43.3 Å². The number of hydrogen-bond acceptors (Lipinski definition) is 6. The lowest BCUT2D eigenvalue weighted by atomic mass is 9.78. The minimum Gasteiger partial charge on any atom is -0.449 e. The molecule has 2 fully saturated rings. The Hall–Kier alpha value is -2.09. The molecule has 1 aromatic rings. The molecule has 2 saturated carbocycles. The number of pyridine rings is 1. The van der Waals surface area contributed by atoms with Gasteiger partial charge in [0.05, 0.1) is 10.8 Å². The number of esters is 1. The van der Waals surface area contributed by atoms with E-state index in [1.807, 2.05) is 6.92 Å². The molecule has 2 aliphatic carbocycles. The lowest BCUT2D eigenvalue weighted by molar-refractivity contribution is -0.130. The normalized spacial score (nSPS) is 30.1. The van der Waals surface area contributed by atoms with E-state index in [4.69, 9.17) is 4.74 Å². The van der Waals surface area contributed by atoms with E-state index in [-0.39, 0.29) is 29.5 Å². The van der Waals surface area contributed by atoms with Crippen molar-refractivity contribution in [2.75, 3.05) is 0 Å². The Kier molecular flexibility index (Phi) is 10.2. The van der Waals surface area contributed by atoms with Crippen LogP contribution < -0.4 is 10.6 Å². The summed E-state index contributed by atoms with van der Waals surface area (Å²) in [6.45, 7) is 12.2. The van der Waals surface area contributed by atoms with Gasteiger partial charge in [0.15, 0.2) is 6.10 Å². The van der Waals surface area contributed by atoms with Gasteiger partial charge < -0.3 is 15.4 Å². The summed E-state index contributed by atoms with van der Waals surface area (Å²) in [6.07, 6.45) is 7.20. The Bertz CT molecular complexity index is 926. The van der Waals surface area contributed by atoms with Crippen LogP contribution in [0.5, 0.6) is 0 Å². The Morgan fingerprint density at radius 2 is 1.47 bits per heavy atom. The highest BCUT2D eigenvalue weighted by atomic mass is 32.2. The maximum Gasteiger partial charge on any atom is 0.341 e. The summed E-state index contributed by atoms with van der Waals surface area (Å²) in [6, 6.07) is 3.56. The van der Waals surface area contributed by atoms with Crippen molar-refractivity contribution in [1.82, 2.24) is 15.6 Å². The Morgan fingerprint density at radius 1 is 0.917 bits per heavy atom. The van der Waals surface area contributed by atoms with Crippen molar-refractivity contribution in [1.29, 1.82) is 0 Å². The molecule has 0 unspecified atom stereocenters. The van der Waals surface area contributed by atoms with Gasteiger partial charge in [-0.1, -0.05) is 65.1 Å². The number of nitrogens with zero attached hydrogens (tertiary/aromatic N) is 1. The minimum absolute atomic E-state index is 0.0560. The number of nitrogens with one attached hydrogen (secondary N) is 2. The van der Waals surface area contributed by atoms with Crippen LogP contribution in [0.4, 0.5) is 0 Å². The maximum absolute atomic E-state index is 13.0. The topological polar surface area (TPSA) is 97.4 Å². The summed E-state index contributed by atoms with van der Waals surface area (Å²) in [5, 5.41) is 6.28. The van der Waals surface area contributed by atoms with Crippen LogP contribution in [0.25, 0.3) is 0 Å². The smallest absolute Gasteiger partial charge is 0.341 e. The molecule has 1 heterocycles. The number of amides is 2. The van der Waals surface area contributed by atoms with Crippen molar-refractivity contribution >= 4 is 29.5 Å². The Balaban J connectivity index is 1.58. The van der Waals surface area contributed by atoms with Crippen LogP contribution in [0.1, 0.15) is 90.4 Å². The summed E-state index contributed by atoms with van der Waals surface area (Å²) < 4.78 is 5.53. The molecule has 0 aliphatic heterocycles. The molecule has 8 heteroatoms. The van der Waals surface area contributed by atoms with Gasteiger partial charge in [-0.05, 0) is 62.5 Å². The van der Waals surface area contributed by atoms with E-state index >= 15 is 0 Å². The fourth-order valence-electron chi connectivity index (χ4n) is 5.31. The van der Waals surface area contributed by atoms with Crippen molar-refractivity contribution in [2.24, 2.45) is 23.7 Å². The van der Waals surface area contributed by atoms with E-state index in [1.165, 1.54) is 24.6 Å². The molecule has 1 aromatic heterocycles. The number of carbonyl (C=O) groups is 3. The number of carbonyl (C=O) groups excluding carboxylic acids is 3. The second kappa shape index (κ2) is 12.9. The summed E-state index contributed by atoms with van der Waals surface area (Å²) in [7, 11) is 0. The quantitative estimate of drug-likeness (QED) is 0.372. The van der Waals surface area contributed by atoms with Gasteiger partial charge in [0.1, 0.15) is 5.03 Å². The standard InChI is InChI=1S/C28H43N3O4S/c1-16-10-7-13-23(18(16)3)30-25(32)20(5)35-28(34)22-12-9-15-29-27(22)36-21(6)26(33)31-24-14-8-11-17(2)19(24)4/h9,12,15-21,23-24H,7-8,10-11,13-14H2,1-6H3,(H,30,32)(H,31,33)/t16-,17+,18-,19+,20-,21+,23-,24-/m1/s1. The first-order valence-corrected chi connectivity index (χ1v) is 14.4. The van der Waals surface area contributed by atoms with E-state index < -0.39 is 17.3 Å². The molecule has 0 aromatic carbocycles. The third-order valence-electron chi connectivity index (χ3n) is 8.37. The maximum atomic E-state index is 13.0. The molecule has 200 valence electrons. The zero-order valence-corrected chi connectivity index (χ0v) is 23.4. The van der Waals surface area contributed by atoms with E-state index in [9.17, 15) is 14.4 Å². The molecule has 7 nitrogen and oxygen atoms in total. The first kappa shape index (κ1) is 28.5. The largest absolute Gasteiger partial charge is 0.449 e. The van der Waals surface area contributed by atoms with Gasteiger partial charge in [0.2, 0.25) is 5.91 Å². The first-order valence-electron chi connectivity index (χ1n) is 13.5. The third-order valence-corrected chi connectivity index (χ3v) is 9.49. The van der Waals surface area contributed by atoms with Gasteiger partial charge in [-0.3, -0.25) is 9.59 Å². The Morgan fingerprint density at radius 3 is 2.06 bits per heavy atom. The molecule has 0 radical (unpaired) electrons. The van der Waals surface area contributed by atoms with Crippen molar-refractivity contribution < 1.29 is 19.1 Å². The average molecular weight is 518 g/mol. The molecule has 0 saturated heterocycles. The highest BCUT2D eigenvalue weighted by Gasteiger charge is 2.32. The van der Waals surface area contributed by atoms with Crippen molar-refractivity contribution in [3.8, 4) is 0 Å². The van der Waals surface area contributed by atoms with Crippen molar-refractivity contribution in [2.45, 2.75) is 109 Å². The number of ether oxygens (including phenoxy) is 1. The molecule has 8 atom stereocenters. The van der Waals surface area contributed by atoms with Crippen LogP contribution in [0.15, 0.2) is 23.4 Å². The zero-order valence-electron chi connectivity index (χ0n) is 22.6. The van der Waals surface area contributed by atoms with E-state index in [1.54, 1.807) is 25.3 Å². The van der Waals surface area contributed by atoms with Gasteiger partial charge in [-0.25, -0.2) is 9.78 Å². The number of hydrogen-bond donors (Lipinski definition) is 2. The highest BCUT2D eigenvalue weighted by molar-refractivity contribution is 8.00. The Labute approximate surface area is 220 Å². The van der Waals surface area contributed by atoms with Gasteiger partial charge in [-0.2, -0.15) is 0 Å². The average Bonchev–Trinajstić information content (AvgIpc) is 2.85. The monoisotopic (exact) mass is 517 g/mol. The third kappa shape index (κ3) is 7.24. The van der Waals surface area contributed by atoms with Crippen LogP contribution in [0, 0.1) is 23.7 Å². The molecule has 2 N–H and O–H groups in total. The van der Waals surface area contributed by atoms with E-state index in [0.29, 0.717) is 28.7 Å². The number of rotatable bonds is 8. The molecule has 2 amide bonds. The molecular formula is C28H43N3O4S. The predicted octanol–water partition coefficient (Wildman–Crippen LogP) is 4.99. The molecule has 0 spiro atoms. The van der Waals surface area contributed by atoms with Crippen LogP contribution in [0.2, 0.25) is 0 Å². The van der Waals surface area contributed by atoms with Crippen molar-refractivity contribution in [3.05, 3.63) is 23.9 Å². The molecule has 36 heavy (non-hydrogen) atoms. The summed E-state index contributed by atoms with van der Waals surface area (Å²) >= 11 is 1.24. The van der Waals surface area contributed by atoms with Crippen LogP contribution >= 0.6 is 11.8 Å². The first-order chi connectivity index (χ1) is 17.1. The van der Waals surface area contributed by atoms with Gasteiger partial charge in [-0.15, -0.1) is 0 Å². The fourth-order valence-corrected chi connectivity index (χ4v) is 6.22. The zero-order chi connectivity index (χ0) is 26.4. The number of thioether (sulfide) groups is 1. The lowest BCUT2D eigenvalue weighted by Gasteiger charge is -2.35. The van der Waals surface area contributed by atoms with Gasteiger partial charge in [0.25, 0.3) is 5.91 Å². The lowest BCUT2D eigenvalue weighted by Crippen LogP contribution is -2.47. The van der Waals surface area contributed by atoms with Gasteiger partial charge in [0, 0.05) is 18.3 Å². The van der Waals surface area contributed by atoms with E-state index in [0.717, 1.165) is 25.7 Å². The second-order valence-corrected chi connectivity index (χ2v) is 12.3. The van der Waals surface area contributed by atoms with Crippen LogP contribution in [-0.2, 0) is 14.3 Å². The van der Waals surface area contributed by atoms with Crippen LogP contribution in [-0.4, -0.2) is 46.2 Å². The highest BCUT2D eigenvalue weighted by Crippen LogP contribution is 2.31. The summed E-state index contributed by atoms with van der Waals surface area (Å²) in [4.78, 5) is 43.0.